The van der Waals surface area contributed by atoms with Gasteiger partial charge in [0.2, 0.25) is 0 Å². The molecule has 1 unspecified atom stereocenters. The van der Waals surface area contributed by atoms with Crippen LogP contribution in [-0.2, 0) is 4.74 Å². The Bertz CT molecular complexity index is 405. The van der Waals surface area contributed by atoms with E-state index in [2.05, 4.69) is 10.6 Å². The predicted molar refractivity (Wildman–Crippen MR) is 79.9 cm³/mol. The molecule has 1 aromatic rings. The van der Waals surface area contributed by atoms with Crippen LogP contribution in [0.25, 0.3) is 0 Å². The van der Waals surface area contributed by atoms with Crippen molar-refractivity contribution in [2.75, 3.05) is 38.7 Å². The van der Waals surface area contributed by atoms with E-state index >= 15 is 0 Å². The molecule has 0 radical (unpaired) electrons. The third-order valence-electron chi connectivity index (χ3n) is 3.48. The Morgan fingerprint density at radius 3 is 2.90 bits per heavy atom. The number of nitrogens with one attached hydrogen (secondary N) is 2. The third-order valence-corrected chi connectivity index (χ3v) is 3.48. The Balaban J connectivity index is 1.91. The first-order valence-corrected chi connectivity index (χ1v) is 7.13. The van der Waals surface area contributed by atoms with Crippen molar-refractivity contribution in [2.45, 2.75) is 18.9 Å². The van der Waals surface area contributed by atoms with Crippen LogP contribution in [0.3, 0.4) is 0 Å². The normalized spacial score (nSPS) is 17.9. The van der Waals surface area contributed by atoms with Crippen LogP contribution in [0.1, 0.15) is 12.8 Å². The van der Waals surface area contributed by atoms with Crippen LogP contribution >= 0.6 is 0 Å². The summed E-state index contributed by atoms with van der Waals surface area (Å²) >= 11 is 0. The molecule has 20 heavy (non-hydrogen) atoms. The summed E-state index contributed by atoms with van der Waals surface area (Å²) in [5.41, 5.74) is 0.819. The number of carbonyl (C=O) groups is 1. The lowest BCUT2D eigenvalue weighted by Gasteiger charge is -2.26. The van der Waals surface area contributed by atoms with E-state index in [0.29, 0.717) is 19.2 Å². The fourth-order valence-electron chi connectivity index (χ4n) is 2.38. The van der Waals surface area contributed by atoms with Gasteiger partial charge in [0.05, 0.1) is 6.61 Å². The number of urea groups is 1. The van der Waals surface area contributed by atoms with Crippen LogP contribution in [0.15, 0.2) is 30.3 Å². The quantitative estimate of drug-likeness (QED) is 0.835. The SMILES string of the molecule is COCCN(CC1CCCN1)C(=O)Nc1ccccc1. The number of rotatable bonds is 6. The van der Waals surface area contributed by atoms with Crippen LogP contribution in [0, 0.1) is 0 Å². The van der Waals surface area contributed by atoms with E-state index in [4.69, 9.17) is 4.74 Å². The van der Waals surface area contributed by atoms with Gasteiger partial charge in [-0.05, 0) is 31.5 Å². The minimum absolute atomic E-state index is 0.0676. The van der Waals surface area contributed by atoms with Crippen molar-refractivity contribution in [3.8, 4) is 0 Å². The largest absolute Gasteiger partial charge is 0.383 e. The first-order valence-electron chi connectivity index (χ1n) is 7.13. The molecular weight excluding hydrogens is 254 g/mol. The van der Waals surface area contributed by atoms with Crippen LogP contribution in [-0.4, -0.2) is 50.3 Å². The maximum Gasteiger partial charge on any atom is 0.321 e. The summed E-state index contributed by atoms with van der Waals surface area (Å²) < 4.78 is 5.10. The van der Waals surface area contributed by atoms with Gasteiger partial charge in [0, 0.05) is 31.9 Å². The molecule has 2 N–H and O–H groups in total. The monoisotopic (exact) mass is 277 g/mol. The van der Waals surface area contributed by atoms with Crippen molar-refractivity contribution in [3.63, 3.8) is 0 Å². The van der Waals surface area contributed by atoms with E-state index in [0.717, 1.165) is 25.2 Å². The highest BCUT2D eigenvalue weighted by Gasteiger charge is 2.21. The van der Waals surface area contributed by atoms with Gasteiger partial charge in [0.25, 0.3) is 0 Å². The fourth-order valence-corrected chi connectivity index (χ4v) is 2.38. The Hall–Kier alpha value is -1.59. The highest BCUT2D eigenvalue weighted by atomic mass is 16.5. The topological polar surface area (TPSA) is 53.6 Å². The number of para-hydroxylation sites is 1. The first kappa shape index (κ1) is 14.8. The average molecular weight is 277 g/mol. The molecule has 0 aromatic heterocycles. The summed E-state index contributed by atoms with van der Waals surface area (Å²) in [5.74, 6) is 0. The molecule has 1 heterocycles. The smallest absolute Gasteiger partial charge is 0.321 e. The number of benzene rings is 1. The highest BCUT2D eigenvalue weighted by molar-refractivity contribution is 5.89. The van der Waals surface area contributed by atoms with Gasteiger partial charge in [-0.1, -0.05) is 18.2 Å². The molecule has 2 amide bonds. The standard InChI is InChI=1S/C15H23N3O2/c1-20-11-10-18(12-14-8-5-9-16-14)15(19)17-13-6-3-2-4-7-13/h2-4,6-7,14,16H,5,8-12H2,1H3,(H,17,19). The molecule has 1 atom stereocenters. The minimum Gasteiger partial charge on any atom is -0.383 e. The van der Waals surface area contributed by atoms with Gasteiger partial charge < -0.3 is 20.3 Å². The number of nitrogens with zero attached hydrogens (tertiary/aromatic N) is 1. The van der Waals surface area contributed by atoms with Crippen molar-refractivity contribution in [3.05, 3.63) is 30.3 Å². The zero-order valence-electron chi connectivity index (χ0n) is 12.0. The molecule has 1 aromatic carbocycles. The summed E-state index contributed by atoms with van der Waals surface area (Å²) in [6.45, 7) is 2.92. The maximum absolute atomic E-state index is 12.3. The lowest BCUT2D eigenvalue weighted by Crippen LogP contribution is -2.44. The predicted octanol–water partition coefficient (Wildman–Crippen LogP) is 1.92. The molecule has 5 nitrogen and oxygen atoms in total. The third kappa shape index (κ3) is 4.51. The molecule has 0 saturated carbocycles. The molecule has 0 aliphatic carbocycles. The van der Waals surface area contributed by atoms with Crippen molar-refractivity contribution >= 4 is 11.7 Å². The zero-order valence-corrected chi connectivity index (χ0v) is 12.0. The number of hydrogen-bond donors (Lipinski definition) is 2. The molecule has 5 heteroatoms. The lowest BCUT2D eigenvalue weighted by molar-refractivity contribution is 0.151. The number of amides is 2. The number of carbonyl (C=O) groups excluding carboxylic acids is 1. The summed E-state index contributed by atoms with van der Waals surface area (Å²) in [4.78, 5) is 14.2. The number of hydrogen-bond acceptors (Lipinski definition) is 3. The molecule has 1 saturated heterocycles. The Morgan fingerprint density at radius 1 is 1.45 bits per heavy atom. The minimum atomic E-state index is -0.0676. The van der Waals surface area contributed by atoms with E-state index in [-0.39, 0.29) is 6.03 Å². The van der Waals surface area contributed by atoms with Crippen LogP contribution in [0.4, 0.5) is 10.5 Å². The molecule has 0 bridgehead atoms. The van der Waals surface area contributed by atoms with Crippen LogP contribution in [0.2, 0.25) is 0 Å². The molecule has 110 valence electrons. The van der Waals surface area contributed by atoms with Crippen LogP contribution in [0.5, 0.6) is 0 Å². The van der Waals surface area contributed by atoms with E-state index in [1.54, 1.807) is 7.11 Å². The number of ether oxygens (including phenoxy) is 1. The van der Waals surface area contributed by atoms with Crippen molar-refractivity contribution < 1.29 is 9.53 Å². The average Bonchev–Trinajstić information content (AvgIpc) is 2.97. The summed E-state index contributed by atoms with van der Waals surface area (Å²) in [5, 5.41) is 6.35. The second kappa shape index (κ2) is 7.87. The number of anilines is 1. The van der Waals surface area contributed by atoms with E-state index < -0.39 is 0 Å². The Labute approximate surface area is 120 Å². The number of methoxy groups -OCH3 is 1. The molecule has 0 spiro atoms. The maximum atomic E-state index is 12.3. The summed E-state index contributed by atoms with van der Waals surface area (Å²) in [6, 6.07) is 9.86. The molecule has 1 aliphatic heterocycles. The van der Waals surface area contributed by atoms with Crippen LogP contribution < -0.4 is 10.6 Å². The van der Waals surface area contributed by atoms with Crippen molar-refractivity contribution in [1.82, 2.24) is 10.2 Å². The van der Waals surface area contributed by atoms with E-state index in [9.17, 15) is 4.79 Å². The van der Waals surface area contributed by atoms with Gasteiger partial charge in [-0.2, -0.15) is 0 Å². The van der Waals surface area contributed by atoms with Gasteiger partial charge in [-0.15, -0.1) is 0 Å². The molecule has 2 rings (SSSR count). The van der Waals surface area contributed by atoms with Gasteiger partial charge in [0.1, 0.15) is 0 Å². The van der Waals surface area contributed by atoms with Gasteiger partial charge in [0.15, 0.2) is 0 Å². The first-order chi connectivity index (χ1) is 9.79. The van der Waals surface area contributed by atoms with Gasteiger partial charge in [-0.25, -0.2) is 4.79 Å². The van der Waals surface area contributed by atoms with E-state index in [1.165, 1.54) is 6.42 Å². The summed E-state index contributed by atoms with van der Waals surface area (Å²) in [7, 11) is 1.65. The molecular formula is C15H23N3O2. The fraction of sp³-hybridized carbons (Fsp3) is 0.533. The summed E-state index contributed by atoms with van der Waals surface area (Å²) in [6.07, 6.45) is 2.31. The Kier molecular flexibility index (Phi) is 5.83. The van der Waals surface area contributed by atoms with E-state index in [1.807, 2.05) is 35.2 Å². The second-order valence-electron chi connectivity index (χ2n) is 5.03. The Morgan fingerprint density at radius 2 is 2.25 bits per heavy atom. The lowest BCUT2D eigenvalue weighted by atomic mass is 10.2. The highest BCUT2D eigenvalue weighted by Crippen LogP contribution is 2.10. The molecule has 1 aliphatic rings. The molecule has 1 fully saturated rings. The second-order valence-corrected chi connectivity index (χ2v) is 5.03. The van der Waals surface area contributed by atoms with Gasteiger partial charge in [-0.3, -0.25) is 0 Å². The zero-order chi connectivity index (χ0) is 14.2. The van der Waals surface area contributed by atoms with Gasteiger partial charge >= 0.3 is 6.03 Å². The van der Waals surface area contributed by atoms with Crippen molar-refractivity contribution in [2.24, 2.45) is 0 Å². The van der Waals surface area contributed by atoms with Crippen molar-refractivity contribution in [1.29, 1.82) is 0 Å².